The Bertz CT molecular complexity index is 2610. The van der Waals surface area contributed by atoms with Crippen molar-refractivity contribution in [2.24, 2.45) is 0 Å². The number of amides is 2. The third kappa shape index (κ3) is 116. The standard InChI is InChI=1S/C39H81N3O.C36H72NO8P.C34H67O10P.BrH.Na/c1-6-8-10-12-14-16-18-20-22-24-26-28-30-32-36-41(39(43)40-35-34-38-42(3,4)5)37-33-31-29-27-25-23-21-19-17-15-13-11-9-7-2;1-6-8-10-12-14-16-18-20-22-24-26-28-35(38)42-32-34(33-44-46(40,41)43-31-30-37(3,4)5)45-36(39)29-27-25-23-21-19-17-15-13-11-9-7-2;1-3-5-7-9-11-13-15-17-19-21-23-25-33(37)41-29-32(30-43-45(39,40)42-28-31(36)27-35)44-34(38)26-24-22-20-18-16-14-12-10-8-6-4-2;;/h6-38H2,1-5H3;34H,6-33H2,1-5H3;31-32,35-36H,3-30H2,1-2H3,(H,39,40);1H;/q;;;;+1/p-1. The summed E-state index contributed by atoms with van der Waals surface area (Å²) in [7, 11) is 2.99. The van der Waals surface area contributed by atoms with Crippen LogP contribution in [0.15, 0.2) is 0 Å². The van der Waals surface area contributed by atoms with Gasteiger partial charge in [0.2, 0.25) is 0 Å². The van der Waals surface area contributed by atoms with E-state index >= 15 is 0 Å². The number of carbonyl (C=O) groups is 5. The molecule has 808 valence electrons. The Morgan fingerprint density at radius 3 is 0.750 bits per heavy atom. The monoisotopic (exact) mass is 2050 g/mol. The average molecular weight is 2060 g/mol. The zero-order valence-electron chi connectivity index (χ0n) is 91.1. The molecule has 0 aliphatic heterocycles. The van der Waals surface area contributed by atoms with Crippen molar-refractivity contribution < 1.29 is 146 Å². The maximum absolute atomic E-state index is 13.0. The summed E-state index contributed by atoms with van der Waals surface area (Å²) in [5, 5.41) is 21.4. The van der Waals surface area contributed by atoms with E-state index in [9.17, 15) is 48.0 Å². The Kier molecular flexibility index (Phi) is 114. The number of nitrogens with zero attached hydrogens (tertiary/aromatic N) is 3. The number of aliphatic hydroxyl groups is 2. The minimum atomic E-state index is -4.85. The first kappa shape index (κ1) is 143. The summed E-state index contributed by atoms with van der Waals surface area (Å²) in [6, 6.07) is 0.172. The van der Waals surface area contributed by atoms with Crippen molar-refractivity contribution in [1.82, 2.24) is 10.2 Å². The molecule has 3 N–H and O–H groups in total. The maximum atomic E-state index is 13.0. The smallest absolute Gasteiger partial charge is 1.00 e. The second-order valence-corrected chi connectivity index (χ2v) is 43.8. The van der Waals surface area contributed by atoms with E-state index in [1.54, 1.807) is 0 Å². The molecule has 27 heteroatoms. The van der Waals surface area contributed by atoms with E-state index < -0.39 is 78.3 Å². The molecule has 0 aromatic rings. The van der Waals surface area contributed by atoms with Crippen LogP contribution in [0.1, 0.15) is 536 Å². The number of ether oxygens (including phenoxy) is 4. The van der Waals surface area contributed by atoms with Crippen LogP contribution in [0.2, 0.25) is 0 Å². The van der Waals surface area contributed by atoms with E-state index in [2.05, 4.69) is 77.4 Å². The summed E-state index contributed by atoms with van der Waals surface area (Å²) < 4.78 is 66.7. The predicted molar refractivity (Wildman–Crippen MR) is 554 cm³/mol. The molecule has 0 radical (unpaired) electrons. The van der Waals surface area contributed by atoms with Gasteiger partial charge in [0.1, 0.15) is 32.5 Å². The fourth-order valence-electron chi connectivity index (χ4n) is 16.2. The zero-order chi connectivity index (χ0) is 99.5. The van der Waals surface area contributed by atoms with Gasteiger partial charge in [-0.3, -0.25) is 28.3 Å². The van der Waals surface area contributed by atoms with Crippen molar-refractivity contribution >= 4 is 45.6 Å². The van der Waals surface area contributed by atoms with Gasteiger partial charge in [0.05, 0.1) is 75.3 Å². The number of unbranched alkanes of at least 4 members (excludes halogenated alkanes) is 66. The maximum Gasteiger partial charge on any atom is 1.00 e. The molecular weight excluding hydrogens is 1830 g/mol. The van der Waals surface area contributed by atoms with Crippen molar-refractivity contribution in [3.63, 3.8) is 0 Å². The van der Waals surface area contributed by atoms with Gasteiger partial charge in [-0.05, 0) is 38.5 Å². The van der Waals surface area contributed by atoms with Gasteiger partial charge in [0.25, 0.3) is 15.6 Å². The SMILES string of the molecule is CCCCCCCCCCCCCC(=O)OCC(COP(=O)([O-])OCC(O)CO)OC(=O)CCCCCCCCCCCCC.CCCCCCCCCCCCCC(=O)OCC(COP(=O)([O-])OCC[N+](C)(C)C)OC(=O)CCCCCCCCCCCCC.CCCCCCCCCCCCCCCCN(CCCCCCCCCCCCCCCC)C(=O)NCCC[N+](C)(C)C.[Br-].[Na+]. The Morgan fingerprint density at radius 2 is 0.515 bits per heavy atom. The van der Waals surface area contributed by atoms with Crippen molar-refractivity contribution in [3.05, 3.63) is 0 Å². The molecule has 0 saturated carbocycles. The summed E-state index contributed by atoms with van der Waals surface area (Å²) in [5.74, 6) is -1.78. The molecule has 0 spiro atoms. The number of phosphoric acid groups is 2. The predicted octanol–water partition coefficient (Wildman–Crippen LogP) is 22.8. The van der Waals surface area contributed by atoms with Gasteiger partial charge in [0, 0.05) is 51.7 Å². The summed E-state index contributed by atoms with van der Waals surface area (Å²) in [6.07, 6.45) is 88.6. The van der Waals surface area contributed by atoms with Crippen LogP contribution in [-0.2, 0) is 65.4 Å². The third-order valence-corrected chi connectivity index (χ3v) is 26.9. The summed E-state index contributed by atoms with van der Waals surface area (Å²) in [5.41, 5.74) is 0. The number of quaternary nitrogens is 2. The Hall–Kier alpha value is -1.31. The molecule has 0 saturated heterocycles. The summed E-state index contributed by atoms with van der Waals surface area (Å²) >= 11 is 0. The van der Waals surface area contributed by atoms with Crippen LogP contribution in [0.4, 0.5) is 4.79 Å². The number of likely N-dealkylation sites (N-methyl/N-ethyl adjacent to an activating group) is 1. The number of hydrogen-bond donors (Lipinski definition) is 3. The van der Waals surface area contributed by atoms with Crippen LogP contribution in [-0.4, -0.2) is 194 Å². The minimum Gasteiger partial charge on any atom is -1.00 e. The van der Waals surface area contributed by atoms with Crippen molar-refractivity contribution in [1.29, 1.82) is 0 Å². The Morgan fingerprint density at radius 1 is 0.301 bits per heavy atom. The van der Waals surface area contributed by atoms with Gasteiger partial charge in [-0.15, -0.1) is 0 Å². The topological polar surface area (TPSA) is 295 Å². The van der Waals surface area contributed by atoms with E-state index in [1.807, 2.05) is 21.1 Å². The first-order valence-electron chi connectivity index (χ1n) is 56.5. The molecule has 0 aromatic heterocycles. The molecule has 2 amide bonds. The van der Waals surface area contributed by atoms with Gasteiger partial charge in [-0.2, -0.15) is 0 Å². The van der Waals surface area contributed by atoms with Crippen molar-refractivity contribution in [2.45, 2.75) is 554 Å². The fraction of sp³-hybridized carbons (Fsp3) is 0.954. The first-order valence-corrected chi connectivity index (χ1v) is 59.4. The molecule has 0 aliphatic carbocycles. The van der Waals surface area contributed by atoms with Gasteiger partial charge >= 0.3 is 59.5 Å². The van der Waals surface area contributed by atoms with E-state index in [1.165, 1.54) is 360 Å². The Labute approximate surface area is 870 Å². The molecule has 0 rings (SSSR count). The summed E-state index contributed by atoms with van der Waals surface area (Å²) in [4.78, 5) is 89.1. The van der Waals surface area contributed by atoms with Crippen LogP contribution >= 0.6 is 15.6 Å². The number of aliphatic hydroxyl groups excluding tert-OH is 2. The van der Waals surface area contributed by atoms with Gasteiger partial charge in [0.15, 0.2) is 12.2 Å². The first-order chi connectivity index (χ1) is 64.6. The van der Waals surface area contributed by atoms with Gasteiger partial charge in [-0.1, -0.05) is 465 Å². The molecule has 0 heterocycles. The Balaban J connectivity index is -0.000000627. The molecule has 23 nitrogen and oxygen atoms in total. The molecule has 5 unspecified atom stereocenters. The minimum absolute atomic E-state index is 0. The number of carbonyl (C=O) groups excluding carboxylic acids is 5. The number of halogens is 1. The van der Waals surface area contributed by atoms with Crippen LogP contribution in [0.25, 0.3) is 0 Å². The number of phosphoric ester groups is 2. The van der Waals surface area contributed by atoms with Gasteiger partial charge < -0.3 is 93.2 Å². The van der Waals surface area contributed by atoms with Crippen molar-refractivity contribution in [2.75, 3.05) is 121 Å². The van der Waals surface area contributed by atoms with E-state index in [0.29, 0.717) is 30.3 Å². The number of esters is 4. The van der Waals surface area contributed by atoms with E-state index in [0.717, 1.165) is 121 Å². The van der Waals surface area contributed by atoms with Crippen LogP contribution < -0.4 is 61.6 Å². The second kappa shape index (κ2) is 108. The molecule has 136 heavy (non-hydrogen) atoms. The molecule has 0 fully saturated rings. The van der Waals surface area contributed by atoms with E-state index in [4.69, 9.17) is 37.6 Å². The van der Waals surface area contributed by atoms with E-state index in [-0.39, 0.29) is 104 Å². The zero-order valence-corrected chi connectivity index (χ0v) is 96.5. The van der Waals surface area contributed by atoms with Gasteiger partial charge in [-0.25, -0.2) is 4.79 Å². The number of hydrogen-bond acceptors (Lipinski definition) is 19. The summed E-state index contributed by atoms with van der Waals surface area (Å²) in [6.45, 7) is 14.7. The van der Waals surface area contributed by atoms with Crippen LogP contribution in [0.3, 0.4) is 0 Å². The average Bonchev–Trinajstić information content (AvgIpc) is 0.892. The second-order valence-electron chi connectivity index (χ2n) is 41.0. The van der Waals surface area contributed by atoms with Crippen molar-refractivity contribution in [3.8, 4) is 0 Å². The molecule has 0 aliphatic rings. The number of urea groups is 1. The number of nitrogens with one attached hydrogen (secondary N) is 1. The normalized spacial score (nSPS) is 13.1. The quantitative estimate of drug-likeness (QED) is 0.0127. The van der Waals surface area contributed by atoms with Crippen LogP contribution in [0, 0.1) is 0 Å². The molecule has 5 atom stereocenters. The molecular formula is C109H220BrN4NaO19P2. The largest absolute Gasteiger partial charge is 1.00 e. The fourth-order valence-corrected chi connectivity index (χ4v) is 17.7. The third-order valence-electron chi connectivity index (χ3n) is 25.0. The van der Waals surface area contributed by atoms with Crippen LogP contribution in [0.5, 0.6) is 0 Å². The molecule has 0 bridgehead atoms. The number of rotatable bonds is 102. The molecule has 0 aromatic carbocycles.